The fourth-order valence-corrected chi connectivity index (χ4v) is 3.42. The minimum atomic E-state index is 0.484. The molecule has 0 atom stereocenters. The Morgan fingerprint density at radius 2 is 2.09 bits per heavy atom. The van der Waals surface area contributed by atoms with Gasteiger partial charge in [0.15, 0.2) is 0 Å². The van der Waals surface area contributed by atoms with Gasteiger partial charge in [0.05, 0.1) is 42.7 Å². The van der Waals surface area contributed by atoms with Gasteiger partial charge in [-0.1, -0.05) is 39.1 Å². The quantitative estimate of drug-likeness (QED) is 0.377. The number of hydrogen-bond acceptors (Lipinski definition) is 4. The summed E-state index contributed by atoms with van der Waals surface area (Å²) in [7, 11) is 0. The van der Waals surface area contributed by atoms with Gasteiger partial charge in [-0.2, -0.15) is 5.10 Å². The predicted octanol–water partition coefficient (Wildman–Crippen LogP) is 4.78. The van der Waals surface area contributed by atoms with Crippen LogP contribution in [0.1, 0.15) is 54.9 Å². The van der Waals surface area contributed by atoms with Crippen molar-refractivity contribution in [2.45, 2.75) is 39.8 Å². The summed E-state index contributed by atoms with van der Waals surface area (Å²) in [5.41, 5.74) is 7.89. The van der Waals surface area contributed by atoms with E-state index in [1.54, 1.807) is 6.33 Å². The molecule has 0 amide bonds. The summed E-state index contributed by atoms with van der Waals surface area (Å²) < 4.78 is 3.96. The second-order valence-corrected chi connectivity index (χ2v) is 8.23. The summed E-state index contributed by atoms with van der Waals surface area (Å²) in [6, 6.07) is 4.20. The van der Waals surface area contributed by atoms with Crippen LogP contribution in [0.15, 0.2) is 68.1 Å². The third kappa shape index (κ3) is 4.72. The summed E-state index contributed by atoms with van der Waals surface area (Å²) >= 11 is 0. The van der Waals surface area contributed by atoms with E-state index in [-0.39, 0.29) is 0 Å². The van der Waals surface area contributed by atoms with Crippen LogP contribution in [0.2, 0.25) is 0 Å². The van der Waals surface area contributed by atoms with Gasteiger partial charge in [-0.3, -0.25) is 4.68 Å². The van der Waals surface area contributed by atoms with Crippen molar-refractivity contribution in [3.8, 4) is 0 Å². The molecule has 0 aliphatic carbocycles. The summed E-state index contributed by atoms with van der Waals surface area (Å²) in [4.78, 5) is 12.3. The number of rotatable bonds is 9. The van der Waals surface area contributed by atoms with Gasteiger partial charge in [0.2, 0.25) is 0 Å². The number of pyridine rings is 1. The molecule has 4 aromatic rings. The molecule has 0 fully saturated rings. The first-order valence-electron chi connectivity index (χ1n) is 10.7. The molecule has 0 aliphatic rings. The van der Waals surface area contributed by atoms with Gasteiger partial charge in [0.25, 0.3) is 0 Å². The van der Waals surface area contributed by atoms with E-state index in [9.17, 15) is 0 Å². The Morgan fingerprint density at radius 1 is 1.25 bits per heavy atom. The van der Waals surface area contributed by atoms with Crippen LogP contribution in [0.3, 0.4) is 0 Å². The van der Waals surface area contributed by atoms with Gasteiger partial charge >= 0.3 is 0 Å². The van der Waals surface area contributed by atoms with E-state index in [1.165, 1.54) is 5.56 Å². The molecule has 4 rings (SSSR count). The van der Waals surface area contributed by atoms with Crippen molar-refractivity contribution in [1.82, 2.24) is 34.4 Å². The Bertz CT molecular complexity index is 1280. The van der Waals surface area contributed by atoms with E-state index in [0.717, 1.165) is 39.6 Å². The topological polar surface area (TPSA) is 75.8 Å². The molecule has 164 valence electrons. The normalized spacial score (nSPS) is 11.9. The molecule has 0 aromatic carbocycles. The molecule has 32 heavy (non-hydrogen) atoms. The molecular weight excluding hydrogens is 398 g/mol. The summed E-state index contributed by atoms with van der Waals surface area (Å²) in [6.45, 7) is 15.5. The van der Waals surface area contributed by atoms with Crippen LogP contribution in [0.4, 0.5) is 0 Å². The maximum Gasteiger partial charge on any atom is 0.137 e. The number of imidazole rings is 2. The van der Waals surface area contributed by atoms with Gasteiger partial charge < -0.3 is 14.7 Å². The van der Waals surface area contributed by atoms with Crippen LogP contribution in [0, 0.1) is 0 Å². The highest BCUT2D eigenvalue weighted by molar-refractivity contribution is 5.60. The highest BCUT2D eigenvalue weighted by Crippen LogP contribution is 2.17. The number of fused-ring (bicyclic) bond motifs is 1. The number of nitrogens with one attached hydrogen (secondary N) is 2. The Labute approximate surface area is 188 Å². The third-order valence-corrected chi connectivity index (χ3v) is 5.41. The molecule has 0 bridgehead atoms. The predicted molar refractivity (Wildman–Crippen MR) is 129 cm³/mol. The number of H-pyrrole nitrogens is 1. The molecule has 0 unspecified atom stereocenters. The Hall–Kier alpha value is -3.87. The van der Waals surface area contributed by atoms with Crippen molar-refractivity contribution < 1.29 is 0 Å². The van der Waals surface area contributed by atoms with Crippen LogP contribution in [-0.2, 0) is 13.1 Å². The van der Waals surface area contributed by atoms with E-state index in [2.05, 4.69) is 76.3 Å². The molecule has 4 heterocycles. The molecule has 7 nitrogen and oxygen atoms in total. The first-order valence-corrected chi connectivity index (χ1v) is 10.7. The monoisotopic (exact) mass is 427 g/mol. The van der Waals surface area contributed by atoms with E-state index in [4.69, 9.17) is 4.98 Å². The lowest BCUT2D eigenvalue weighted by atomic mass is 10.1. The summed E-state index contributed by atoms with van der Waals surface area (Å²) in [5, 5.41) is 7.84. The van der Waals surface area contributed by atoms with Crippen LogP contribution in [-0.4, -0.2) is 29.1 Å². The van der Waals surface area contributed by atoms with E-state index in [0.29, 0.717) is 19.0 Å². The van der Waals surface area contributed by atoms with Gasteiger partial charge in [0, 0.05) is 29.9 Å². The van der Waals surface area contributed by atoms with E-state index >= 15 is 0 Å². The average Bonchev–Trinajstić information content (AvgIpc) is 3.51. The summed E-state index contributed by atoms with van der Waals surface area (Å²) in [5.74, 6) is 0.484. The average molecular weight is 428 g/mol. The Kier molecular flexibility index (Phi) is 6.07. The molecule has 0 saturated carbocycles. The Balaban J connectivity index is 1.41. The van der Waals surface area contributed by atoms with Gasteiger partial charge in [-0.15, -0.1) is 0 Å². The maximum atomic E-state index is 4.71. The highest BCUT2D eigenvalue weighted by Gasteiger charge is 2.09. The van der Waals surface area contributed by atoms with Crippen molar-refractivity contribution in [1.29, 1.82) is 0 Å². The fourth-order valence-electron chi connectivity index (χ4n) is 3.42. The largest absolute Gasteiger partial charge is 0.379 e. The summed E-state index contributed by atoms with van der Waals surface area (Å²) in [6.07, 6.45) is 13.5. The molecule has 2 N–H and O–H groups in total. The smallest absolute Gasteiger partial charge is 0.137 e. The van der Waals surface area contributed by atoms with Gasteiger partial charge in [-0.25, -0.2) is 9.97 Å². The van der Waals surface area contributed by atoms with Crippen LogP contribution in [0.25, 0.3) is 17.4 Å². The zero-order valence-corrected chi connectivity index (χ0v) is 18.8. The molecular formula is C25H29N7. The number of aromatic amines is 1. The lowest BCUT2D eigenvalue weighted by Crippen LogP contribution is -2.11. The number of aromatic nitrogens is 6. The highest BCUT2D eigenvalue weighted by atomic mass is 15.3. The Morgan fingerprint density at radius 3 is 2.88 bits per heavy atom. The first kappa shape index (κ1) is 21.4. The van der Waals surface area contributed by atoms with Gasteiger partial charge in [0.1, 0.15) is 5.65 Å². The fraction of sp³-hybridized carbons (Fsp3) is 0.240. The van der Waals surface area contributed by atoms with E-state index in [1.807, 2.05) is 36.2 Å². The molecule has 0 spiro atoms. The van der Waals surface area contributed by atoms with Crippen molar-refractivity contribution in [3.05, 3.63) is 96.3 Å². The van der Waals surface area contributed by atoms with Crippen LogP contribution < -0.4 is 5.32 Å². The SMILES string of the molecule is C=C/C(C)=C\c1nc[nH]c1CNC(=C)c1cnn(Cc2cn3cc(C(C)C)ccc3n2)c1. The number of allylic oxidation sites excluding steroid dienone is 2. The van der Waals surface area contributed by atoms with Crippen molar-refractivity contribution in [3.63, 3.8) is 0 Å². The molecule has 0 radical (unpaired) electrons. The maximum absolute atomic E-state index is 4.71. The number of hydrogen-bond donors (Lipinski definition) is 2. The minimum absolute atomic E-state index is 0.484. The second-order valence-electron chi connectivity index (χ2n) is 8.23. The first-order chi connectivity index (χ1) is 15.4. The molecule has 4 aromatic heterocycles. The molecule has 7 heteroatoms. The zero-order valence-electron chi connectivity index (χ0n) is 18.8. The van der Waals surface area contributed by atoms with Crippen molar-refractivity contribution >= 4 is 17.4 Å². The molecule has 0 aliphatic heterocycles. The van der Waals surface area contributed by atoms with Crippen molar-refractivity contribution in [2.24, 2.45) is 0 Å². The van der Waals surface area contributed by atoms with Crippen LogP contribution >= 0.6 is 0 Å². The lowest BCUT2D eigenvalue weighted by Gasteiger charge is -2.07. The zero-order chi connectivity index (χ0) is 22.7. The molecule has 0 saturated heterocycles. The third-order valence-electron chi connectivity index (χ3n) is 5.41. The lowest BCUT2D eigenvalue weighted by molar-refractivity contribution is 0.675. The standard InChI is InChI=1S/C25H29N7/c1-6-18(4)9-23-24(28-16-27-23)11-26-19(5)21-10-29-32(13-21)15-22-14-31-12-20(17(2)3)7-8-25(31)30-22/h6-10,12-14,16-17,26H,1,5,11,15H2,2-4H3,(H,27,28)/b18-9-. The van der Waals surface area contributed by atoms with Gasteiger partial charge in [-0.05, 0) is 36.1 Å². The second kappa shape index (κ2) is 9.09. The van der Waals surface area contributed by atoms with Crippen LogP contribution in [0.5, 0.6) is 0 Å². The number of nitrogens with zero attached hydrogens (tertiary/aromatic N) is 5. The van der Waals surface area contributed by atoms with Crippen molar-refractivity contribution in [2.75, 3.05) is 0 Å². The minimum Gasteiger partial charge on any atom is -0.379 e. The van der Waals surface area contributed by atoms with E-state index < -0.39 is 0 Å².